The molecule has 0 fully saturated rings. The van der Waals surface area contributed by atoms with Crippen LogP contribution >= 0.6 is 15.9 Å². The molecule has 1 aromatic rings. The molecular formula is C10H12BrFO3. The van der Waals surface area contributed by atoms with Gasteiger partial charge in [0.1, 0.15) is 17.7 Å². The average Bonchev–Trinajstić information content (AvgIpc) is 2.21. The fourth-order valence-electron chi connectivity index (χ4n) is 1.28. The maximum absolute atomic E-state index is 13.0. The van der Waals surface area contributed by atoms with E-state index in [1.54, 1.807) is 0 Å². The van der Waals surface area contributed by atoms with Crippen molar-refractivity contribution in [3.05, 3.63) is 29.1 Å². The summed E-state index contributed by atoms with van der Waals surface area (Å²) < 4.78 is 13.0. The molecule has 84 valence electrons. The summed E-state index contributed by atoms with van der Waals surface area (Å²) in [7, 11) is 0. The van der Waals surface area contributed by atoms with Crippen LogP contribution in [-0.2, 0) is 0 Å². The zero-order valence-corrected chi connectivity index (χ0v) is 9.70. The van der Waals surface area contributed by atoms with E-state index in [1.807, 2.05) is 0 Å². The molecular weight excluding hydrogens is 267 g/mol. The average molecular weight is 279 g/mol. The number of hydrogen-bond acceptors (Lipinski definition) is 3. The topological polar surface area (TPSA) is 60.7 Å². The number of rotatable bonds is 3. The van der Waals surface area contributed by atoms with Crippen LogP contribution < -0.4 is 0 Å². The molecule has 0 saturated carbocycles. The van der Waals surface area contributed by atoms with Gasteiger partial charge in [0.25, 0.3) is 0 Å². The summed E-state index contributed by atoms with van der Waals surface area (Å²) in [6, 6.07) is 2.17. The highest BCUT2D eigenvalue weighted by atomic mass is 79.9. The Kier molecular flexibility index (Phi) is 4.07. The van der Waals surface area contributed by atoms with E-state index in [9.17, 15) is 19.7 Å². The van der Waals surface area contributed by atoms with Crippen molar-refractivity contribution in [1.82, 2.24) is 0 Å². The molecule has 0 spiro atoms. The summed E-state index contributed by atoms with van der Waals surface area (Å²) in [5.74, 6) is -0.745. The third-order valence-electron chi connectivity index (χ3n) is 2.14. The molecule has 15 heavy (non-hydrogen) atoms. The highest BCUT2D eigenvalue weighted by Gasteiger charge is 2.22. The molecule has 0 aromatic heterocycles. The van der Waals surface area contributed by atoms with Crippen molar-refractivity contribution in [3.8, 4) is 5.75 Å². The molecule has 0 aliphatic heterocycles. The smallest absolute Gasteiger partial charge is 0.124 e. The summed E-state index contributed by atoms with van der Waals surface area (Å²) in [6.07, 6.45) is -2.39. The number of halogens is 2. The van der Waals surface area contributed by atoms with Gasteiger partial charge in [0.05, 0.1) is 6.10 Å². The van der Waals surface area contributed by atoms with Crippen molar-refractivity contribution < 1.29 is 19.7 Å². The maximum Gasteiger partial charge on any atom is 0.124 e. The van der Waals surface area contributed by atoms with Gasteiger partial charge in [-0.3, -0.25) is 0 Å². The molecule has 0 heterocycles. The van der Waals surface area contributed by atoms with E-state index >= 15 is 0 Å². The van der Waals surface area contributed by atoms with E-state index in [0.29, 0.717) is 5.56 Å². The lowest BCUT2D eigenvalue weighted by Gasteiger charge is -2.18. The van der Waals surface area contributed by atoms with Crippen molar-refractivity contribution in [2.75, 3.05) is 5.33 Å². The maximum atomic E-state index is 13.0. The van der Waals surface area contributed by atoms with Crippen LogP contribution in [0.5, 0.6) is 5.75 Å². The minimum atomic E-state index is -1.31. The number of phenols is 1. The van der Waals surface area contributed by atoms with Crippen LogP contribution in [-0.4, -0.2) is 26.8 Å². The number of alkyl halides is 1. The number of aliphatic hydroxyl groups excluding tert-OH is 2. The highest BCUT2D eigenvalue weighted by molar-refractivity contribution is 9.09. The van der Waals surface area contributed by atoms with Gasteiger partial charge in [-0.05, 0) is 24.6 Å². The van der Waals surface area contributed by atoms with Gasteiger partial charge in [0, 0.05) is 10.9 Å². The van der Waals surface area contributed by atoms with Gasteiger partial charge in [-0.25, -0.2) is 4.39 Å². The van der Waals surface area contributed by atoms with Gasteiger partial charge in [0.2, 0.25) is 0 Å². The quantitative estimate of drug-likeness (QED) is 0.737. The number of hydrogen-bond donors (Lipinski definition) is 3. The lowest BCUT2D eigenvalue weighted by Crippen LogP contribution is -2.19. The van der Waals surface area contributed by atoms with Gasteiger partial charge in [-0.15, -0.1) is 0 Å². The van der Waals surface area contributed by atoms with Gasteiger partial charge in [-0.2, -0.15) is 0 Å². The Labute approximate surface area is 95.3 Å². The van der Waals surface area contributed by atoms with Gasteiger partial charge in [0.15, 0.2) is 0 Å². The molecule has 0 radical (unpaired) electrons. The third-order valence-corrected chi connectivity index (χ3v) is 2.80. The molecule has 2 unspecified atom stereocenters. The molecule has 0 amide bonds. The van der Waals surface area contributed by atoms with Crippen LogP contribution in [0.1, 0.15) is 17.2 Å². The van der Waals surface area contributed by atoms with E-state index in [1.165, 1.54) is 6.92 Å². The number of benzene rings is 1. The van der Waals surface area contributed by atoms with Crippen LogP contribution in [0.2, 0.25) is 0 Å². The van der Waals surface area contributed by atoms with Crippen molar-refractivity contribution >= 4 is 15.9 Å². The Morgan fingerprint density at radius 1 is 1.40 bits per heavy atom. The van der Waals surface area contributed by atoms with E-state index in [-0.39, 0.29) is 16.6 Å². The monoisotopic (exact) mass is 278 g/mol. The Morgan fingerprint density at radius 2 is 2.00 bits per heavy atom. The molecule has 0 saturated heterocycles. The van der Waals surface area contributed by atoms with Crippen LogP contribution in [0.3, 0.4) is 0 Å². The molecule has 0 bridgehead atoms. The minimum absolute atomic E-state index is 0.000509. The minimum Gasteiger partial charge on any atom is -0.507 e. The van der Waals surface area contributed by atoms with Gasteiger partial charge >= 0.3 is 0 Å². The molecule has 5 heteroatoms. The lowest BCUT2D eigenvalue weighted by atomic mass is 10.0. The summed E-state index contributed by atoms with van der Waals surface area (Å²) in [5, 5.41) is 28.7. The zero-order chi connectivity index (χ0) is 11.6. The SMILES string of the molecule is Cc1cc(F)cc(C(O)C(O)CBr)c1O. The fraction of sp³-hybridized carbons (Fsp3) is 0.400. The number of aromatic hydroxyl groups is 1. The Balaban J connectivity index is 3.13. The van der Waals surface area contributed by atoms with E-state index in [4.69, 9.17) is 0 Å². The van der Waals surface area contributed by atoms with E-state index < -0.39 is 18.0 Å². The predicted molar refractivity (Wildman–Crippen MR) is 57.6 cm³/mol. The summed E-state index contributed by atoms with van der Waals surface area (Å²) in [5.41, 5.74) is 0.324. The summed E-state index contributed by atoms with van der Waals surface area (Å²) >= 11 is 2.99. The Hall–Kier alpha value is -0.650. The number of aliphatic hydroxyl groups is 2. The molecule has 2 atom stereocenters. The van der Waals surface area contributed by atoms with E-state index in [2.05, 4.69) is 15.9 Å². The highest BCUT2D eigenvalue weighted by Crippen LogP contribution is 2.30. The fourth-order valence-corrected chi connectivity index (χ4v) is 1.63. The van der Waals surface area contributed by atoms with Crippen molar-refractivity contribution in [2.24, 2.45) is 0 Å². The molecule has 1 rings (SSSR count). The number of phenolic OH excluding ortho intramolecular Hbond substituents is 1. The van der Waals surface area contributed by atoms with Gasteiger partial charge in [-0.1, -0.05) is 15.9 Å². The molecule has 3 nitrogen and oxygen atoms in total. The standard InChI is InChI=1S/C10H12BrFO3/c1-5-2-6(12)3-7(9(5)14)10(15)8(13)4-11/h2-3,8,10,13-15H,4H2,1H3. The summed E-state index contributed by atoms with van der Waals surface area (Å²) in [6.45, 7) is 1.52. The van der Waals surface area contributed by atoms with Crippen molar-refractivity contribution in [3.63, 3.8) is 0 Å². The summed E-state index contributed by atoms with van der Waals surface area (Å²) in [4.78, 5) is 0. The van der Waals surface area contributed by atoms with Crippen molar-refractivity contribution in [2.45, 2.75) is 19.1 Å². The van der Waals surface area contributed by atoms with Gasteiger partial charge < -0.3 is 15.3 Å². The second kappa shape index (κ2) is 4.92. The predicted octanol–water partition coefficient (Wildman–Crippen LogP) is 1.63. The van der Waals surface area contributed by atoms with Crippen LogP contribution in [0, 0.1) is 12.7 Å². The van der Waals surface area contributed by atoms with Crippen LogP contribution in [0.4, 0.5) is 4.39 Å². The first-order valence-corrected chi connectivity index (χ1v) is 5.50. The first-order valence-electron chi connectivity index (χ1n) is 4.38. The Bertz CT molecular complexity index is 357. The second-order valence-electron chi connectivity index (χ2n) is 3.33. The molecule has 0 aliphatic rings. The van der Waals surface area contributed by atoms with Crippen LogP contribution in [0.15, 0.2) is 12.1 Å². The van der Waals surface area contributed by atoms with Crippen LogP contribution in [0.25, 0.3) is 0 Å². The first kappa shape index (κ1) is 12.4. The first-order chi connectivity index (χ1) is 6.97. The third kappa shape index (κ3) is 2.68. The Morgan fingerprint density at radius 3 is 2.53 bits per heavy atom. The molecule has 1 aromatic carbocycles. The zero-order valence-electron chi connectivity index (χ0n) is 8.11. The van der Waals surface area contributed by atoms with Crippen molar-refractivity contribution in [1.29, 1.82) is 0 Å². The number of aryl methyl sites for hydroxylation is 1. The lowest BCUT2D eigenvalue weighted by molar-refractivity contribution is 0.0325. The van der Waals surface area contributed by atoms with E-state index in [0.717, 1.165) is 12.1 Å². The second-order valence-corrected chi connectivity index (χ2v) is 3.97. The largest absolute Gasteiger partial charge is 0.507 e. The molecule has 0 aliphatic carbocycles. The normalized spacial score (nSPS) is 15.0. The molecule has 3 N–H and O–H groups in total.